The number of benzene rings is 1. The molecule has 0 saturated carbocycles. The number of hydrogen-bond acceptors (Lipinski definition) is 9. The Hall–Kier alpha value is -4.67. The molecular formula is C29H28F6N6O5. The molecule has 5 rings (SSSR count). The zero-order valence-electron chi connectivity index (χ0n) is 24.6. The Labute approximate surface area is 258 Å². The summed E-state index contributed by atoms with van der Waals surface area (Å²) in [7, 11) is 1.36. The van der Waals surface area contributed by atoms with Gasteiger partial charge in [0.25, 0.3) is 5.91 Å². The lowest BCUT2D eigenvalue weighted by Gasteiger charge is -2.39. The van der Waals surface area contributed by atoms with E-state index in [4.69, 9.17) is 14.2 Å². The highest BCUT2D eigenvalue weighted by Crippen LogP contribution is 2.41. The van der Waals surface area contributed by atoms with Crippen LogP contribution in [0.5, 0.6) is 5.88 Å². The van der Waals surface area contributed by atoms with Crippen molar-refractivity contribution in [2.24, 2.45) is 0 Å². The quantitative estimate of drug-likeness (QED) is 0.310. The fourth-order valence-corrected chi connectivity index (χ4v) is 5.26. The highest BCUT2D eigenvalue weighted by atomic mass is 19.4. The predicted molar refractivity (Wildman–Crippen MR) is 150 cm³/mol. The van der Waals surface area contributed by atoms with Crippen LogP contribution in [0.15, 0.2) is 42.7 Å². The zero-order chi connectivity index (χ0) is 33.2. The number of ether oxygens (including phenoxy) is 3. The standard InChI is InChI=1S/C29H28F6N6O5/c1-3-46-27(43)40-7-6-22(25-21(40)4-5-23(38-25)44-2)41(26-36-13-20(14-37-26)39-8-9-45-16-24(39)42)15-17-10-18(28(30,31)32)12-19(11-17)29(33,34)35/h4-5,10-14,22H,3,6-9,15-16H2,1-2H3. The van der Waals surface area contributed by atoms with Crippen molar-refractivity contribution in [1.82, 2.24) is 15.0 Å². The van der Waals surface area contributed by atoms with Crippen molar-refractivity contribution in [2.75, 3.05) is 54.7 Å². The van der Waals surface area contributed by atoms with Gasteiger partial charge in [-0.25, -0.2) is 19.7 Å². The Morgan fingerprint density at radius 3 is 2.30 bits per heavy atom. The fourth-order valence-electron chi connectivity index (χ4n) is 5.26. The molecule has 46 heavy (non-hydrogen) atoms. The summed E-state index contributed by atoms with van der Waals surface area (Å²) in [6.45, 7) is 1.65. The van der Waals surface area contributed by atoms with E-state index in [9.17, 15) is 35.9 Å². The van der Waals surface area contributed by atoms with E-state index < -0.39 is 42.2 Å². The van der Waals surface area contributed by atoms with Gasteiger partial charge in [0.05, 0.1) is 67.0 Å². The van der Waals surface area contributed by atoms with Gasteiger partial charge in [-0.2, -0.15) is 26.3 Å². The molecule has 1 saturated heterocycles. The number of methoxy groups -OCH3 is 1. The van der Waals surface area contributed by atoms with E-state index in [1.807, 2.05) is 0 Å². The third kappa shape index (κ3) is 6.93. The number of fused-ring (bicyclic) bond motifs is 1. The molecule has 0 bridgehead atoms. The number of anilines is 3. The van der Waals surface area contributed by atoms with Gasteiger partial charge < -0.3 is 24.0 Å². The highest BCUT2D eigenvalue weighted by Gasteiger charge is 2.39. The second kappa shape index (κ2) is 13.0. The summed E-state index contributed by atoms with van der Waals surface area (Å²) >= 11 is 0. The topological polar surface area (TPSA) is 110 Å². The van der Waals surface area contributed by atoms with Crippen LogP contribution in [0.1, 0.15) is 41.8 Å². The molecule has 4 heterocycles. The van der Waals surface area contributed by atoms with Crippen LogP contribution < -0.4 is 19.4 Å². The maximum Gasteiger partial charge on any atom is 0.416 e. The van der Waals surface area contributed by atoms with Crippen LogP contribution in [0.2, 0.25) is 0 Å². The first-order valence-corrected chi connectivity index (χ1v) is 14.0. The van der Waals surface area contributed by atoms with E-state index in [1.54, 1.807) is 13.0 Å². The molecule has 2 aliphatic heterocycles. The second-order valence-corrected chi connectivity index (χ2v) is 10.3. The first kappa shape index (κ1) is 32.7. The summed E-state index contributed by atoms with van der Waals surface area (Å²) in [6, 6.07) is 3.54. The van der Waals surface area contributed by atoms with Crippen molar-refractivity contribution < 1.29 is 50.1 Å². The molecule has 2 aromatic heterocycles. The zero-order valence-corrected chi connectivity index (χ0v) is 24.6. The molecule has 0 aliphatic carbocycles. The van der Waals surface area contributed by atoms with Gasteiger partial charge in [-0.3, -0.25) is 9.69 Å². The molecular weight excluding hydrogens is 626 g/mol. The number of carbonyl (C=O) groups is 2. The van der Waals surface area contributed by atoms with E-state index in [-0.39, 0.29) is 74.4 Å². The van der Waals surface area contributed by atoms with Gasteiger partial charge >= 0.3 is 18.4 Å². The van der Waals surface area contributed by atoms with E-state index in [2.05, 4.69) is 15.0 Å². The molecule has 1 aromatic carbocycles. The van der Waals surface area contributed by atoms with Crippen molar-refractivity contribution in [3.63, 3.8) is 0 Å². The third-order valence-electron chi connectivity index (χ3n) is 7.36. The summed E-state index contributed by atoms with van der Waals surface area (Å²) in [5, 5.41) is 0. The monoisotopic (exact) mass is 654 g/mol. The van der Waals surface area contributed by atoms with Gasteiger partial charge in [0.1, 0.15) is 6.61 Å². The summed E-state index contributed by atoms with van der Waals surface area (Å²) in [5.41, 5.74) is -2.41. The van der Waals surface area contributed by atoms with Crippen LogP contribution in [-0.2, 0) is 33.2 Å². The van der Waals surface area contributed by atoms with Crippen LogP contribution in [0.25, 0.3) is 0 Å². The van der Waals surface area contributed by atoms with Crippen molar-refractivity contribution in [2.45, 2.75) is 38.3 Å². The lowest BCUT2D eigenvalue weighted by molar-refractivity contribution is -0.143. The molecule has 246 valence electrons. The average molecular weight is 655 g/mol. The van der Waals surface area contributed by atoms with Gasteiger partial charge in [-0.1, -0.05) is 0 Å². The van der Waals surface area contributed by atoms with Gasteiger partial charge in [-0.15, -0.1) is 0 Å². The number of amides is 2. The number of rotatable bonds is 7. The average Bonchev–Trinajstić information content (AvgIpc) is 3.02. The molecule has 2 amide bonds. The van der Waals surface area contributed by atoms with E-state index in [0.29, 0.717) is 23.5 Å². The first-order valence-electron chi connectivity index (χ1n) is 14.0. The van der Waals surface area contributed by atoms with Crippen LogP contribution in [0.3, 0.4) is 0 Å². The third-order valence-corrected chi connectivity index (χ3v) is 7.36. The number of hydrogen-bond donors (Lipinski definition) is 0. The van der Waals surface area contributed by atoms with Gasteiger partial charge in [0.15, 0.2) is 0 Å². The Morgan fingerprint density at radius 2 is 1.72 bits per heavy atom. The maximum atomic E-state index is 13.7. The molecule has 3 aromatic rings. The molecule has 1 fully saturated rings. The number of alkyl halides is 6. The second-order valence-electron chi connectivity index (χ2n) is 10.3. The minimum atomic E-state index is -5.06. The summed E-state index contributed by atoms with van der Waals surface area (Å²) in [6.07, 6.45) is -8.00. The molecule has 1 atom stereocenters. The number of carbonyl (C=O) groups excluding carboxylic acids is 2. The van der Waals surface area contributed by atoms with Crippen LogP contribution >= 0.6 is 0 Å². The molecule has 17 heteroatoms. The van der Waals surface area contributed by atoms with Crippen LogP contribution in [-0.4, -0.2) is 67.0 Å². The van der Waals surface area contributed by atoms with Gasteiger partial charge in [-0.05, 0) is 43.2 Å². The first-order chi connectivity index (χ1) is 21.8. The van der Waals surface area contributed by atoms with Gasteiger partial charge in [0, 0.05) is 25.7 Å². The number of nitrogens with zero attached hydrogens (tertiary/aromatic N) is 6. The van der Waals surface area contributed by atoms with Crippen molar-refractivity contribution in [3.05, 3.63) is 65.1 Å². The van der Waals surface area contributed by atoms with E-state index >= 15 is 0 Å². The molecule has 0 radical (unpaired) electrons. The lowest BCUT2D eigenvalue weighted by atomic mass is 9.98. The summed E-state index contributed by atoms with van der Waals surface area (Å²) in [5.74, 6) is -0.254. The lowest BCUT2D eigenvalue weighted by Crippen LogP contribution is -2.43. The largest absolute Gasteiger partial charge is 0.481 e. The van der Waals surface area contributed by atoms with E-state index in [1.165, 1.54) is 40.3 Å². The molecule has 1 unspecified atom stereocenters. The minimum absolute atomic E-state index is 0.0536. The van der Waals surface area contributed by atoms with Gasteiger partial charge in [0.2, 0.25) is 11.8 Å². The normalized spacial score (nSPS) is 17.0. The number of aromatic nitrogens is 3. The number of halogens is 6. The molecule has 0 N–H and O–H groups in total. The Balaban J connectivity index is 1.62. The Bertz CT molecular complexity index is 1550. The minimum Gasteiger partial charge on any atom is -0.481 e. The fraction of sp³-hybridized carbons (Fsp3) is 0.414. The predicted octanol–water partition coefficient (Wildman–Crippen LogP) is 5.40. The van der Waals surface area contributed by atoms with Crippen molar-refractivity contribution >= 4 is 29.3 Å². The van der Waals surface area contributed by atoms with Crippen LogP contribution in [0, 0.1) is 0 Å². The van der Waals surface area contributed by atoms with Crippen LogP contribution in [0.4, 0.5) is 48.5 Å². The smallest absolute Gasteiger partial charge is 0.416 e. The molecule has 0 spiro atoms. The molecule has 11 nitrogen and oxygen atoms in total. The van der Waals surface area contributed by atoms with E-state index in [0.717, 1.165) is 0 Å². The Morgan fingerprint density at radius 1 is 1.04 bits per heavy atom. The molecule has 2 aliphatic rings. The van der Waals surface area contributed by atoms with Crippen molar-refractivity contribution in [1.29, 1.82) is 0 Å². The summed E-state index contributed by atoms with van der Waals surface area (Å²) in [4.78, 5) is 42.5. The Kier molecular flexibility index (Phi) is 9.23. The SMILES string of the molecule is CCOC(=O)N1CCC(N(Cc2cc(C(F)(F)F)cc(C(F)(F)F)c2)c2ncc(N3CCOCC3=O)cn2)c2nc(OC)ccc21. The number of pyridine rings is 1. The summed E-state index contributed by atoms with van der Waals surface area (Å²) < 4.78 is 98.1. The van der Waals surface area contributed by atoms with Crippen molar-refractivity contribution in [3.8, 4) is 5.88 Å². The highest BCUT2D eigenvalue weighted by molar-refractivity contribution is 5.94. The number of morpholine rings is 1. The maximum absolute atomic E-state index is 13.7.